The van der Waals surface area contributed by atoms with Crippen molar-refractivity contribution in [3.05, 3.63) is 70.6 Å². The zero-order valence-corrected chi connectivity index (χ0v) is 21.3. The topological polar surface area (TPSA) is 80.3 Å². The molecular formula is C24H24F3NO4S3. The zero-order valence-electron chi connectivity index (χ0n) is 18.8. The summed E-state index contributed by atoms with van der Waals surface area (Å²) in [6.45, 7) is -0.192. The van der Waals surface area contributed by atoms with Gasteiger partial charge in [0.1, 0.15) is 0 Å². The van der Waals surface area contributed by atoms with Gasteiger partial charge in [-0.25, -0.2) is 21.6 Å². The molecule has 1 aromatic heterocycles. The first-order chi connectivity index (χ1) is 16.3. The molecule has 1 N–H and O–H groups in total. The highest BCUT2D eigenvalue weighted by molar-refractivity contribution is 7.90. The van der Waals surface area contributed by atoms with Gasteiger partial charge >= 0.3 is 6.18 Å². The first kappa shape index (κ1) is 25.9. The smallest absolute Gasteiger partial charge is 0.224 e. The normalized spacial score (nSPS) is 15.2. The molecule has 35 heavy (non-hydrogen) atoms. The van der Waals surface area contributed by atoms with Gasteiger partial charge in [0.2, 0.25) is 10.0 Å². The quantitative estimate of drug-likeness (QED) is 0.398. The van der Waals surface area contributed by atoms with E-state index in [2.05, 4.69) is 4.72 Å². The van der Waals surface area contributed by atoms with Crippen molar-refractivity contribution in [1.29, 1.82) is 0 Å². The highest BCUT2D eigenvalue weighted by Crippen LogP contribution is 2.40. The van der Waals surface area contributed by atoms with Gasteiger partial charge in [-0.1, -0.05) is 43.5 Å². The predicted octanol–water partition coefficient (Wildman–Crippen LogP) is 5.66. The Kier molecular flexibility index (Phi) is 7.16. The number of hydrogen-bond acceptors (Lipinski definition) is 5. The number of sulfone groups is 1. The third-order valence-corrected chi connectivity index (χ3v) is 9.75. The number of rotatable bonds is 8. The van der Waals surface area contributed by atoms with Crippen LogP contribution < -0.4 is 4.72 Å². The van der Waals surface area contributed by atoms with E-state index in [0.717, 1.165) is 31.6 Å². The van der Waals surface area contributed by atoms with Gasteiger partial charge in [0.25, 0.3) is 0 Å². The van der Waals surface area contributed by atoms with Crippen LogP contribution in [0.25, 0.3) is 10.4 Å². The Balaban J connectivity index is 1.56. The Morgan fingerprint density at radius 1 is 1.00 bits per heavy atom. The van der Waals surface area contributed by atoms with Crippen molar-refractivity contribution in [3.63, 3.8) is 0 Å². The van der Waals surface area contributed by atoms with Crippen molar-refractivity contribution < 1.29 is 30.0 Å². The first-order valence-electron chi connectivity index (χ1n) is 10.9. The molecule has 5 nitrogen and oxygen atoms in total. The summed E-state index contributed by atoms with van der Waals surface area (Å²) < 4.78 is 93.7. The number of alkyl halides is 3. The average molecular weight is 544 g/mol. The van der Waals surface area contributed by atoms with Crippen LogP contribution in [0.15, 0.2) is 64.4 Å². The Hall–Kier alpha value is -2.21. The summed E-state index contributed by atoms with van der Waals surface area (Å²) in [5, 5.41) is 0. The highest BCUT2D eigenvalue weighted by Gasteiger charge is 2.40. The number of sulfonamides is 1. The molecule has 0 aliphatic heterocycles. The van der Waals surface area contributed by atoms with Crippen LogP contribution in [-0.2, 0) is 39.0 Å². The fourth-order valence-electron chi connectivity index (χ4n) is 4.05. The second-order valence-electron chi connectivity index (χ2n) is 8.68. The molecule has 1 fully saturated rings. The lowest BCUT2D eigenvalue weighted by Crippen LogP contribution is -2.27. The third-order valence-electron chi connectivity index (χ3n) is 6.06. The van der Waals surface area contributed by atoms with Gasteiger partial charge in [-0.2, -0.15) is 13.2 Å². The molecule has 0 radical (unpaired) electrons. The van der Waals surface area contributed by atoms with E-state index >= 15 is 0 Å². The molecule has 1 saturated carbocycles. The summed E-state index contributed by atoms with van der Waals surface area (Å²) in [5.74, 6) is 0.146. The van der Waals surface area contributed by atoms with Gasteiger partial charge in [-0.3, -0.25) is 0 Å². The molecule has 4 rings (SSSR count). The summed E-state index contributed by atoms with van der Waals surface area (Å²) in [7, 11) is -7.83. The third kappa shape index (κ3) is 5.96. The fourth-order valence-corrected chi connectivity index (χ4v) is 7.03. The van der Waals surface area contributed by atoms with Crippen LogP contribution in [0.4, 0.5) is 13.2 Å². The number of halogens is 3. The van der Waals surface area contributed by atoms with Gasteiger partial charge in [-0.15, -0.1) is 11.3 Å². The summed E-state index contributed by atoms with van der Waals surface area (Å²) >= 11 is 1.23. The summed E-state index contributed by atoms with van der Waals surface area (Å²) in [5.41, 5.74) is -0.437. The summed E-state index contributed by atoms with van der Waals surface area (Å²) in [4.78, 5) is 0.683. The van der Waals surface area contributed by atoms with Crippen molar-refractivity contribution >= 4 is 31.2 Å². The van der Waals surface area contributed by atoms with E-state index in [1.54, 1.807) is 24.3 Å². The maximum absolute atomic E-state index is 13.9. The molecule has 0 amide bonds. The number of thiophene rings is 1. The molecule has 1 aliphatic rings. The molecule has 0 bridgehead atoms. The van der Waals surface area contributed by atoms with Crippen LogP contribution in [0.1, 0.15) is 35.3 Å². The Labute approximate surface area is 207 Å². The maximum Gasteiger partial charge on any atom is 0.417 e. The SMILES string of the molecule is CS(=O)(=O)c1cccc(-c2ccc(CNS(=O)(=O)c3cccc(CC4CCC4)c3C(F)(F)F)s2)c1. The van der Waals surface area contributed by atoms with Crippen molar-refractivity contribution in [2.24, 2.45) is 5.92 Å². The van der Waals surface area contributed by atoms with Crippen LogP contribution in [0.3, 0.4) is 0 Å². The Bertz CT molecular complexity index is 1440. The molecule has 11 heteroatoms. The largest absolute Gasteiger partial charge is 0.417 e. The molecule has 0 atom stereocenters. The van der Waals surface area contributed by atoms with Crippen molar-refractivity contribution in [3.8, 4) is 10.4 Å². The van der Waals surface area contributed by atoms with E-state index in [1.165, 1.54) is 35.6 Å². The molecular weight excluding hydrogens is 519 g/mol. The van der Waals surface area contributed by atoms with Crippen molar-refractivity contribution in [1.82, 2.24) is 4.72 Å². The van der Waals surface area contributed by atoms with Crippen LogP contribution in [0.2, 0.25) is 0 Å². The van der Waals surface area contributed by atoms with Gasteiger partial charge in [0, 0.05) is 22.6 Å². The fraction of sp³-hybridized carbons (Fsp3) is 0.333. The van der Waals surface area contributed by atoms with E-state index in [1.807, 2.05) is 0 Å². The lowest BCUT2D eigenvalue weighted by Gasteiger charge is -2.27. The van der Waals surface area contributed by atoms with Gasteiger partial charge in [0.15, 0.2) is 9.84 Å². The molecule has 2 aromatic carbocycles. The molecule has 0 saturated heterocycles. The summed E-state index contributed by atoms with van der Waals surface area (Å²) in [6, 6.07) is 13.4. The highest BCUT2D eigenvalue weighted by atomic mass is 32.2. The molecule has 188 valence electrons. The van der Waals surface area contributed by atoms with Crippen LogP contribution in [0.5, 0.6) is 0 Å². The number of nitrogens with one attached hydrogen (secondary N) is 1. The van der Waals surface area contributed by atoms with E-state index in [9.17, 15) is 30.0 Å². The van der Waals surface area contributed by atoms with Crippen LogP contribution in [-0.4, -0.2) is 23.1 Å². The Morgan fingerprint density at radius 3 is 2.34 bits per heavy atom. The van der Waals surface area contributed by atoms with Crippen molar-refractivity contribution in [2.45, 2.75) is 48.2 Å². The second kappa shape index (κ2) is 9.68. The van der Waals surface area contributed by atoms with Crippen LogP contribution in [0, 0.1) is 5.92 Å². The van der Waals surface area contributed by atoms with Gasteiger partial charge in [0.05, 0.1) is 15.4 Å². The minimum atomic E-state index is -4.80. The second-order valence-corrected chi connectivity index (χ2v) is 13.6. The Morgan fingerprint density at radius 2 is 1.71 bits per heavy atom. The van der Waals surface area contributed by atoms with Crippen LogP contribution >= 0.6 is 11.3 Å². The van der Waals surface area contributed by atoms with E-state index < -0.39 is 36.5 Å². The lowest BCUT2D eigenvalue weighted by molar-refractivity contribution is -0.140. The van der Waals surface area contributed by atoms with Gasteiger partial charge < -0.3 is 0 Å². The maximum atomic E-state index is 13.9. The monoisotopic (exact) mass is 543 g/mol. The predicted molar refractivity (Wildman–Crippen MR) is 129 cm³/mol. The van der Waals surface area contributed by atoms with Gasteiger partial charge in [-0.05, 0) is 53.8 Å². The average Bonchev–Trinajstić information content (AvgIpc) is 3.23. The number of hydrogen-bond donors (Lipinski definition) is 1. The molecule has 1 heterocycles. The first-order valence-corrected chi connectivity index (χ1v) is 15.1. The number of benzene rings is 2. The molecule has 1 aliphatic carbocycles. The minimum Gasteiger partial charge on any atom is -0.224 e. The van der Waals surface area contributed by atoms with Crippen molar-refractivity contribution in [2.75, 3.05) is 6.26 Å². The molecule has 0 unspecified atom stereocenters. The lowest BCUT2D eigenvalue weighted by atomic mass is 9.80. The van der Waals surface area contributed by atoms with E-state index in [-0.39, 0.29) is 29.3 Å². The minimum absolute atomic E-state index is 0.00856. The van der Waals surface area contributed by atoms with E-state index in [0.29, 0.717) is 15.3 Å². The van der Waals surface area contributed by atoms with E-state index in [4.69, 9.17) is 0 Å². The summed E-state index contributed by atoms with van der Waals surface area (Å²) in [6.07, 6.45) is -0.811. The zero-order chi connectivity index (χ0) is 25.4. The molecule has 3 aromatic rings. The standard InChI is InChI=1S/C24H24F3NO4S3/c1-34(29,30)20-9-3-7-17(14-20)21-12-11-19(33-21)15-28-35(31,32)22-10-4-8-18(13-16-5-2-6-16)23(22)24(25,26)27/h3-4,7-12,14,16,28H,2,5-6,13,15H2,1H3. The molecule has 0 spiro atoms.